The van der Waals surface area contributed by atoms with Gasteiger partial charge in [0.05, 0.1) is 0 Å². The summed E-state index contributed by atoms with van der Waals surface area (Å²) in [7, 11) is 0. The monoisotopic (exact) mass is 400 g/mol. The molecule has 0 radical (unpaired) electrons. The van der Waals surface area contributed by atoms with Crippen molar-refractivity contribution < 1.29 is 27.3 Å². The van der Waals surface area contributed by atoms with Gasteiger partial charge in [-0.2, -0.15) is 0 Å². The Bertz CT molecular complexity index is 493. The molecule has 0 bridgehead atoms. The summed E-state index contributed by atoms with van der Waals surface area (Å²) in [6, 6.07) is 10.7. The van der Waals surface area contributed by atoms with Crippen molar-refractivity contribution >= 4 is 0 Å². The Balaban J connectivity index is 0.000000902. The summed E-state index contributed by atoms with van der Waals surface area (Å²) in [5, 5.41) is 0. The van der Waals surface area contributed by atoms with E-state index in [0.29, 0.717) is 0 Å². The van der Waals surface area contributed by atoms with Gasteiger partial charge in [-0.25, -0.2) is 0 Å². The Morgan fingerprint density at radius 3 is 1.83 bits per heavy atom. The standard InChI is InChI=1S/C17H15.Hf.H/c1-2-8-14(9-3-1)17(15-10-4-5-11-15)16-12-6-7-13-16;;/h1-10,12H,11,13H2;;/q-1;;-1. The van der Waals surface area contributed by atoms with Crippen molar-refractivity contribution in [2.24, 2.45) is 0 Å². The van der Waals surface area contributed by atoms with Crippen LogP contribution in [0.1, 0.15) is 19.8 Å². The molecule has 2 aliphatic rings. The average Bonchev–Trinajstić information content (AvgIpc) is 3.04. The number of hydrogen-bond donors (Lipinski definition) is 0. The van der Waals surface area contributed by atoms with Gasteiger partial charge in [-0.15, -0.1) is 41.0 Å². The minimum atomic E-state index is 0. The maximum atomic E-state index is 2.24. The molecule has 0 saturated heterocycles. The van der Waals surface area contributed by atoms with Crippen molar-refractivity contribution in [2.75, 3.05) is 0 Å². The minimum Gasteiger partial charge on any atom is -1.00 e. The van der Waals surface area contributed by atoms with Crippen molar-refractivity contribution in [3.8, 4) is 0 Å². The fourth-order valence-corrected chi connectivity index (χ4v) is 2.45. The minimum absolute atomic E-state index is 0. The van der Waals surface area contributed by atoms with E-state index in [2.05, 4.69) is 66.8 Å². The maximum absolute atomic E-state index is 2.24. The van der Waals surface area contributed by atoms with Crippen LogP contribution in [-0.4, -0.2) is 0 Å². The predicted octanol–water partition coefficient (Wildman–Crippen LogP) is 4.49. The van der Waals surface area contributed by atoms with Gasteiger partial charge in [0, 0.05) is 25.8 Å². The topological polar surface area (TPSA) is 0 Å². The van der Waals surface area contributed by atoms with E-state index in [1.54, 1.807) is 0 Å². The molecule has 2 aliphatic carbocycles. The molecule has 0 heterocycles. The average molecular weight is 399 g/mol. The van der Waals surface area contributed by atoms with Gasteiger partial charge in [0.1, 0.15) is 0 Å². The predicted molar refractivity (Wildman–Crippen MR) is 73.6 cm³/mol. The fourth-order valence-electron chi connectivity index (χ4n) is 2.45. The second-order valence-corrected chi connectivity index (χ2v) is 4.39. The van der Waals surface area contributed by atoms with Gasteiger partial charge in [0.2, 0.25) is 0 Å². The molecule has 0 fully saturated rings. The van der Waals surface area contributed by atoms with Crippen molar-refractivity contribution in [1.82, 2.24) is 0 Å². The molecule has 0 aliphatic heterocycles. The van der Waals surface area contributed by atoms with Gasteiger partial charge >= 0.3 is 0 Å². The van der Waals surface area contributed by atoms with Gasteiger partial charge in [0.25, 0.3) is 0 Å². The van der Waals surface area contributed by atoms with E-state index in [9.17, 15) is 0 Å². The summed E-state index contributed by atoms with van der Waals surface area (Å²) < 4.78 is 0. The molecule has 0 atom stereocenters. The third kappa shape index (κ3) is 2.67. The summed E-state index contributed by atoms with van der Waals surface area (Å²) in [6.45, 7) is 0. The smallest absolute Gasteiger partial charge is 0 e. The molecule has 0 spiro atoms. The molecular weight excluding hydrogens is 383 g/mol. The second-order valence-electron chi connectivity index (χ2n) is 4.39. The molecule has 3 rings (SSSR count). The van der Waals surface area contributed by atoms with Crippen molar-refractivity contribution in [3.05, 3.63) is 89.4 Å². The summed E-state index contributed by atoms with van der Waals surface area (Å²) in [6.07, 6.45) is 15.3. The van der Waals surface area contributed by atoms with Crippen LogP contribution in [0.15, 0.2) is 77.9 Å². The first-order valence-electron chi connectivity index (χ1n) is 6.09. The zero-order valence-corrected chi connectivity index (χ0v) is 13.9. The van der Waals surface area contributed by atoms with E-state index in [1.165, 1.54) is 22.6 Å². The molecule has 1 aromatic carbocycles. The Morgan fingerprint density at radius 2 is 1.39 bits per heavy atom. The molecule has 90 valence electrons. The molecule has 0 saturated carbocycles. The summed E-state index contributed by atoms with van der Waals surface area (Å²) in [5.41, 5.74) is 4.20. The molecule has 0 aromatic heterocycles. The van der Waals surface area contributed by atoms with Crippen LogP contribution in [0.5, 0.6) is 0 Å². The van der Waals surface area contributed by atoms with Gasteiger partial charge in [-0.1, -0.05) is 48.4 Å². The number of benzene rings is 1. The van der Waals surface area contributed by atoms with Crippen molar-refractivity contribution in [3.63, 3.8) is 0 Å². The van der Waals surface area contributed by atoms with Crippen LogP contribution >= 0.6 is 0 Å². The first-order chi connectivity index (χ1) is 8.45. The van der Waals surface area contributed by atoms with Gasteiger partial charge in [-0.05, 0) is 12.8 Å². The van der Waals surface area contributed by atoms with Crippen LogP contribution in [0.4, 0.5) is 0 Å². The quantitative estimate of drug-likeness (QED) is 0.520. The van der Waals surface area contributed by atoms with E-state index < -0.39 is 0 Å². The van der Waals surface area contributed by atoms with Crippen LogP contribution in [0, 0.1) is 5.92 Å². The second kappa shape index (κ2) is 6.19. The van der Waals surface area contributed by atoms with Crippen molar-refractivity contribution in [2.45, 2.75) is 12.8 Å². The van der Waals surface area contributed by atoms with Crippen LogP contribution in [-0.2, 0) is 25.8 Å². The first-order valence-corrected chi connectivity index (χ1v) is 6.09. The summed E-state index contributed by atoms with van der Waals surface area (Å²) in [5.74, 6) is 1.42. The zero-order chi connectivity index (χ0) is 11.5. The van der Waals surface area contributed by atoms with Crippen LogP contribution in [0.3, 0.4) is 0 Å². The SMILES string of the molecule is C1=CCC([C-](C2=CC=CC2)c2ccccc2)=C1.[H-].[Hf]. The van der Waals surface area contributed by atoms with E-state index >= 15 is 0 Å². The maximum Gasteiger partial charge on any atom is 0 e. The Kier molecular flexibility index (Phi) is 4.60. The number of hydrogen-bond acceptors (Lipinski definition) is 0. The zero-order valence-electron chi connectivity index (χ0n) is 11.3. The third-order valence-corrected chi connectivity index (χ3v) is 3.25. The van der Waals surface area contributed by atoms with Gasteiger partial charge in [-0.3, -0.25) is 0 Å². The van der Waals surface area contributed by atoms with E-state index in [1.807, 2.05) is 0 Å². The number of rotatable bonds is 3. The normalized spacial score (nSPS) is 16.2. The third-order valence-electron chi connectivity index (χ3n) is 3.25. The summed E-state index contributed by atoms with van der Waals surface area (Å²) >= 11 is 0. The molecular formula is C17H16Hf-2. The summed E-state index contributed by atoms with van der Waals surface area (Å²) in [4.78, 5) is 0. The fraction of sp³-hybridized carbons (Fsp3) is 0.118. The Labute approximate surface area is 129 Å². The van der Waals surface area contributed by atoms with E-state index in [0.717, 1.165) is 12.8 Å². The van der Waals surface area contributed by atoms with Crippen LogP contribution in [0.2, 0.25) is 0 Å². The van der Waals surface area contributed by atoms with Crippen LogP contribution < -0.4 is 0 Å². The molecule has 0 unspecified atom stereocenters. The molecule has 1 aromatic rings. The van der Waals surface area contributed by atoms with Crippen LogP contribution in [0.25, 0.3) is 0 Å². The molecule has 18 heavy (non-hydrogen) atoms. The molecule has 0 N–H and O–H groups in total. The molecule has 0 amide bonds. The van der Waals surface area contributed by atoms with Gasteiger partial charge < -0.3 is 1.43 Å². The Hall–Kier alpha value is -1.08. The van der Waals surface area contributed by atoms with Crippen molar-refractivity contribution in [1.29, 1.82) is 0 Å². The molecule has 1 heteroatoms. The van der Waals surface area contributed by atoms with E-state index in [-0.39, 0.29) is 27.3 Å². The number of allylic oxidation sites excluding steroid dienone is 8. The largest absolute Gasteiger partial charge is 1.00 e. The first kappa shape index (κ1) is 13.4. The van der Waals surface area contributed by atoms with E-state index in [4.69, 9.17) is 0 Å². The molecule has 0 nitrogen and oxygen atoms in total. The van der Waals surface area contributed by atoms with Gasteiger partial charge in [0.15, 0.2) is 0 Å². The Morgan fingerprint density at radius 1 is 0.833 bits per heavy atom.